The molecule has 3 heterocycles. The van der Waals surface area contributed by atoms with Crippen LogP contribution in [0, 0.1) is 6.92 Å². The number of aliphatic hydroxyl groups excluding tert-OH is 1. The number of nitrogens with zero attached hydrogens (tertiary/aromatic N) is 5. The zero-order chi connectivity index (χ0) is 17.9. The van der Waals surface area contributed by atoms with Crippen molar-refractivity contribution in [2.24, 2.45) is 0 Å². The van der Waals surface area contributed by atoms with Crippen LogP contribution in [-0.2, 0) is 6.54 Å². The van der Waals surface area contributed by atoms with Crippen molar-refractivity contribution in [3.8, 4) is 0 Å². The van der Waals surface area contributed by atoms with Crippen LogP contribution in [0.3, 0.4) is 0 Å². The van der Waals surface area contributed by atoms with Crippen molar-refractivity contribution >= 4 is 16.9 Å². The second-order valence-electron chi connectivity index (χ2n) is 6.93. The first-order valence-electron chi connectivity index (χ1n) is 9.16. The molecule has 3 aromatic rings. The van der Waals surface area contributed by atoms with Crippen LogP contribution in [0.1, 0.15) is 11.1 Å². The standard InChI is InChI=1S/C19H24N6O/c1-15-2-4-16(5-3-15)13-25-19-17(12-22-25)18(20-14-21-19)24-8-6-23(7-9-24)10-11-26/h2-5,12,14,26H,6-11,13H2,1H3/p+1. The molecule has 0 bridgehead atoms. The average Bonchev–Trinajstić information content (AvgIpc) is 3.08. The summed E-state index contributed by atoms with van der Waals surface area (Å²) in [5.74, 6) is 0.966. The molecule has 0 atom stereocenters. The Labute approximate surface area is 152 Å². The molecule has 7 heteroatoms. The molecule has 1 saturated heterocycles. The molecule has 2 aromatic heterocycles. The van der Waals surface area contributed by atoms with Crippen molar-refractivity contribution in [3.63, 3.8) is 0 Å². The quantitative estimate of drug-likeness (QED) is 0.669. The number of hydrogen-bond acceptors (Lipinski definition) is 5. The second-order valence-corrected chi connectivity index (χ2v) is 6.93. The monoisotopic (exact) mass is 353 g/mol. The molecule has 0 saturated carbocycles. The van der Waals surface area contributed by atoms with Gasteiger partial charge >= 0.3 is 0 Å². The molecule has 2 N–H and O–H groups in total. The van der Waals surface area contributed by atoms with Crippen LogP contribution in [0.15, 0.2) is 36.8 Å². The summed E-state index contributed by atoms with van der Waals surface area (Å²) in [6, 6.07) is 8.51. The van der Waals surface area contributed by atoms with Gasteiger partial charge < -0.3 is 14.9 Å². The van der Waals surface area contributed by atoms with Crippen molar-refractivity contribution in [1.82, 2.24) is 19.7 Å². The summed E-state index contributed by atoms with van der Waals surface area (Å²) < 4.78 is 1.94. The Morgan fingerprint density at radius 2 is 1.88 bits per heavy atom. The van der Waals surface area contributed by atoms with E-state index in [1.54, 1.807) is 6.33 Å². The molecule has 136 valence electrons. The van der Waals surface area contributed by atoms with Gasteiger partial charge in [-0.1, -0.05) is 29.8 Å². The van der Waals surface area contributed by atoms with E-state index >= 15 is 0 Å². The maximum atomic E-state index is 9.12. The second kappa shape index (κ2) is 7.39. The number of anilines is 1. The lowest BCUT2D eigenvalue weighted by atomic mass is 10.1. The number of fused-ring (bicyclic) bond motifs is 1. The van der Waals surface area contributed by atoms with E-state index in [4.69, 9.17) is 5.11 Å². The molecule has 0 aliphatic carbocycles. The van der Waals surface area contributed by atoms with Gasteiger partial charge in [-0.15, -0.1) is 0 Å². The number of hydrogen-bond donors (Lipinski definition) is 2. The van der Waals surface area contributed by atoms with Crippen LogP contribution in [0.5, 0.6) is 0 Å². The molecule has 4 rings (SSSR count). The predicted octanol–water partition coefficient (Wildman–Crippen LogP) is -0.120. The van der Waals surface area contributed by atoms with Crippen molar-refractivity contribution in [3.05, 3.63) is 47.9 Å². The van der Waals surface area contributed by atoms with E-state index in [9.17, 15) is 0 Å². The molecule has 1 aromatic carbocycles. The van der Waals surface area contributed by atoms with E-state index in [0.29, 0.717) is 6.54 Å². The number of aryl methyl sites for hydroxylation is 1. The van der Waals surface area contributed by atoms with Gasteiger partial charge in [-0.25, -0.2) is 14.6 Å². The zero-order valence-corrected chi connectivity index (χ0v) is 15.1. The Bertz CT molecular complexity index is 867. The highest BCUT2D eigenvalue weighted by molar-refractivity contribution is 5.86. The third-order valence-electron chi connectivity index (χ3n) is 5.10. The normalized spacial score (nSPS) is 15.7. The molecular weight excluding hydrogens is 328 g/mol. The Hall–Kier alpha value is -2.51. The minimum atomic E-state index is 0.249. The maximum absolute atomic E-state index is 9.12. The van der Waals surface area contributed by atoms with Crippen molar-refractivity contribution in [2.75, 3.05) is 44.2 Å². The lowest BCUT2D eigenvalue weighted by Gasteiger charge is -2.32. The first-order chi connectivity index (χ1) is 12.7. The van der Waals surface area contributed by atoms with E-state index in [2.05, 4.69) is 51.2 Å². The van der Waals surface area contributed by atoms with Gasteiger partial charge in [-0.2, -0.15) is 5.10 Å². The minimum Gasteiger partial charge on any atom is -0.391 e. The Kier molecular flexibility index (Phi) is 4.81. The zero-order valence-electron chi connectivity index (χ0n) is 15.1. The third-order valence-corrected chi connectivity index (χ3v) is 5.10. The molecule has 7 nitrogen and oxygen atoms in total. The summed E-state index contributed by atoms with van der Waals surface area (Å²) in [7, 11) is 0. The third kappa shape index (κ3) is 3.40. The predicted molar refractivity (Wildman–Crippen MR) is 100 cm³/mol. The molecule has 0 radical (unpaired) electrons. The van der Waals surface area contributed by atoms with Crippen molar-refractivity contribution in [2.45, 2.75) is 13.5 Å². The van der Waals surface area contributed by atoms with E-state index < -0.39 is 0 Å². The molecule has 1 aliphatic rings. The molecule has 1 aliphatic heterocycles. The number of rotatable bonds is 5. The van der Waals surface area contributed by atoms with Gasteiger partial charge in [-0.05, 0) is 12.5 Å². The van der Waals surface area contributed by atoms with Gasteiger partial charge in [0.25, 0.3) is 0 Å². The Balaban J connectivity index is 1.56. The van der Waals surface area contributed by atoms with E-state index in [1.165, 1.54) is 16.0 Å². The van der Waals surface area contributed by atoms with Gasteiger partial charge in [0.2, 0.25) is 0 Å². The summed E-state index contributed by atoms with van der Waals surface area (Å²) >= 11 is 0. The number of piperazine rings is 1. The Morgan fingerprint density at radius 3 is 2.62 bits per heavy atom. The molecular formula is C19H25N6O+. The first-order valence-corrected chi connectivity index (χ1v) is 9.16. The van der Waals surface area contributed by atoms with Crippen molar-refractivity contribution < 1.29 is 10.0 Å². The van der Waals surface area contributed by atoms with Crippen LogP contribution >= 0.6 is 0 Å². The fraction of sp³-hybridized carbons (Fsp3) is 0.421. The van der Waals surface area contributed by atoms with Gasteiger partial charge in [0, 0.05) is 0 Å². The van der Waals surface area contributed by atoms with Crippen LogP contribution in [0.25, 0.3) is 11.0 Å². The van der Waals surface area contributed by atoms with Crippen LogP contribution in [0.4, 0.5) is 5.82 Å². The lowest BCUT2D eigenvalue weighted by molar-refractivity contribution is -0.900. The topological polar surface area (TPSA) is 71.5 Å². The lowest BCUT2D eigenvalue weighted by Crippen LogP contribution is -3.15. The summed E-state index contributed by atoms with van der Waals surface area (Å²) in [5.41, 5.74) is 3.34. The largest absolute Gasteiger partial charge is 0.391 e. The van der Waals surface area contributed by atoms with E-state index in [1.807, 2.05) is 10.9 Å². The molecule has 26 heavy (non-hydrogen) atoms. The van der Waals surface area contributed by atoms with Crippen LogP contribution < -0.4 is 9.80 Å². The van der Waals surface area contributed by atoms with Crippen LogP contribution in [-0.4, -0.2) is 64.2 Å². The molecule has 0 spiro atoms. The van der Waals surface area contributed by atoms with Gasteiger partial charge in [0.1, 0.15) is 18.7 Å². The van der Waals surface area contributed by atoms with E-state index in [0.717, 1.165) is 49.6 Å². The summed E-state index contributed by atoms with van der Waals surface area (Å²) in [6.07, 6.45) is 3.52. The number of aliphatic hydroxyl groups is 1. The van der Waals surface area contributed by atoms with Crippen molar-refractivity contribution in [1.29, 1.82) is 0 Å². The molecule has 0 unspecified atom stereocenters. The van der Waals surface area contributed by atoms with E-state index in [-0.39, 0.29) is 6.61 Å². The smallest absolute Gasteiger partial charge is 0.163 e. The van der Waals surface area contributed by atoms with Gasteiger partial charge in [-0.3, -0.25) is 0 Å². The minimum absolute atomic E-state index is 0.249. The van der Waals surface area contributed by atoms with Gasteiger partial charge in [0.05, 0.1) is 50.9 Å². The number of quaternary nitrogens is 1. The summed E-state index contributed by atoms with van der Waals surface area (Å²) in [6.45, 7) is 7.77. The number of nitrogens with one attached hydrogen (secondary N) is 1. The highest BCUT2D eigenvalue weighted by atomic mass is 16.3. The molecule has 0 amide bonds. The highest BCUT2D eigenvalue weighted by Gasteiger charge is 2.23. The fourth-order valence-electron chi connectivity index (χ4n) is 3.56. The van der Waals surface area contributed by atoms with Crippen LogP contribution in [0.2, 0.25) is 0 Å². The first kappa shape index (κ1) is 16.9. The Morgan fingerprint density at radius 1 is 1.12 bits per heavy atom. The van der Waals surface area contributed by atoms with Gasteiger partial charge in [0.15, 0.2) is 5.65 Å². The number of benzene rings is 1. The summed E-state index contributed by atoms with van der Waals surface area (Å²) in [5, 5.41) is 14.7. The highest BCUT2D eigenvalue weighted by Crippen LogP contribution is 2.23. The number of aromatic nitrogens is 4. The maximum Gasteiger partial charge on any atom is 0.163 e. The average molecular weight is 353 g/mol. The molecule has 1 fully saturated rings. The fourth-order valence-corrected chi connectivity index (χ4v) is 3.56. The summed E-state index contributed by atoms with van der Waals surface area (Å²) in [4.78, 5) is 12.8. The SMILES string of the molecule is Cc1ccc(Cn2ncc3c(N4CC[NH+](CCO)CC4)ncnc32)cc1.